The van der Waals surface area contributed by atoms with E-state index in [4.69, 9.17) is 19.9 Å². The molecule has 1 saturated heterocycles. The van der Waals surface area contributed by atoms with Gasteiger partial charge in [-0.05, 0) is 67.1 Å². The molecule has 3 aromatic carbocycles. The van der Waals surface area contributed by atoms with Crippen LogP contribution >= 0.6 is 0 Å². The second-order valence-electron chi connectivity index (χ2n) is 8.87. The number of nitrogen functional groups attached to an aromatic ring is 1. The number of hydrogen-bond donors (Lipinski definition) is 2. The largest absolute Gasteiger partial charge is 0.507 e. The van der Waals surface area contributed by atoms with Crippen LogP contribution in [0.5, 0.6) is 11.5 Å². The Balaban J connectivity index is 1.49. The highest BCUT2D eigenvalue weighted by molar-refractivity contribution is 5.99. The van der Waals surface area contributed by atoms with Crippen LogP contribution in [0.15, 0.2) is 60.7 Å². The summed E-state index contributed by atoms with van der Waals surface area (Å²) in [6.07, 6.45) is 2.84. The van der Waals surface area contributed by atoms with E-state index in [1.165, 1.54) is 0 Å². The fraction of sp³-hybridized carbons (Fsp3) is 0.345. The lowest BCUT2D eigenvalue weighted by molar-refractivity contribution is -0.181. The number of carbonyl (C=O) groups is 1. The summed E-state index contributed by atoms with van der Waals surface area (Å²) in [6.45, 7) is 4.57. The summed E-state index contributed by atoms with van der Waals surface area (Å²) in [6, 6.07) is 19.2. The van der Waals surface area contributed by atoms with Crippen LogP contribution in [-0.4, -0.2) is 23.8 Å². The highest BCUT2D eigenvalue weighted by Crippen LogP contribution is 2.33. The Labute approximate surface area is 206 Å². The maximum Gasteiger partial charge on any atom is 0.166 e. The molecule has 2 atom stereocenters. The number of ether oxygens (including phenoxy) is 3. The first-order valence-electron chi connectivity index (χ1n) is 12.2. The van der Waals surface area contributed by atoms with Gasteiger partial charge in [-0.25, -0.2) is 0 Å². The van der Waals surface area contributed by atoms with Gasteiger partial charge in [0.25, 0.3) is 0 Å². The van der Waals surface area contributed by atoms with E-state index in [2.05, 4.69) is 0 Å². The van der Waals surface area contributed by atoms with Crippen LogP contribution in [0.1, 0.15) is 71.3 Å². The number of anilines is 1. The third-order valence-electron chi connectivity index (χ3n) is 6.32. The first-order valence-corrected chi connectivity index (χ1v) is 12.2. The molecule has 1 aliphatic rings. The molecule has 0 bridgehead atoms. The van der Waals surface area contributed by atoms with E-state index >= 15 is 0 Å². The molecular weight excluding hydrogens is 442 g/mol. The molecule has 1 fully saturated rings. The number of rotatable bonds is 9. The normalized spacial score (nSPS) is 16.6. The van der Waals surface area contributed by atoms with Crippen LogP contribution in [0.4, 0.5) is 5.69 Å². The summed E-state index contributed by atoms with van der Waals surface area (Å²) < 4.78 is 18.2. The van der Waals surface area contributed by atoms with E-state index in [0.717, 1.165) is 36.0 Å². The van der Waals surface area contributed by atoms with Crippen molar-refractivity contribution in [2.24, 2.45) is 0 Å². The Morgan fingerprint density at radius 1 is 1.11 bits per heavy atom. The molecule has 6 heteroatoms. The van der Waals surface area contributed by atoms with E-state index in [9.17, 15) is 9.90 Å². The first kappa shape index (κ1) is 24.8. The molecule has 184 valence electrons. The molecular formula is C29H33NO5. The lowest BCUT2D eigenvalue weighted by Gasteiger charge is -2.28. The summed E-state index contributed by atoms with van der Waals surface area (Å²) in [4.78, 5) is 12.0. The predicted molar refractivity (Wildman–Crippen MR) is 136 cm³/mol. The standard InChI is InChI=1S/C29H33NO5/c1-3-25(31)24-14-15-26(19(2)28(24)32)34-18-20-10-12-21(13-11-20)29(22-7-6-8-23(30)17-22)35-27-9-4-5-16-33-27/h6-8,10-15,17,27,29,32H,3-5,9,16,18,30H2,1-2H3. The van der Waals surface area contributed by atoms with Crippen molar-refractivity contribution in [3.05, 3.63) is 88.5 Å². The molecule has 0 aromatic heterocycles. The number of phenolic OH excluding ortho intramolecular Hbond substituents is 1. The Hall–Kier alpha value is -3.35. The highest BCUT2D eigenvalue weighted by Gasteiger charge is 2.23. The molecule has 4 rings (SSSR count). The molecule has 2 unspecified atom stereocenters. The van der Waals surface area contributed by atoms with Crippen molar-refractivity contribution in [3.8, 4) is 11.5 Å². The van der Waals surface area contributed by atoms with E-state index in [1.807, 2.05) is 48.5 Å². The summed E-state index contributed by atoms with van der Waals surface area (Å²) in [7, 11) is 0. The Bertz CT molecular complexity index is 1150. The zero-order chi connectivity index (χ0) is 24.8. The number of Topliss-reactive ketones (excluding diaryl/α,β-unsaturated/α-hetero) is 1. The van der Waals surface area contributed by atoms with Crippen LogP contribution in [0.3, 0.4) is 0 Å². The molecule has 1 heterocycles. The van der Waals surface area contributed by atoms with Crippen molar-refractivity contribution in [1.82, 2.24) is 0 Å². The van der Waals surface area contributed by atoms with Gasteiger partial charge in [0.1, 0.15) is 24.2 Å². The second kappa shape index (κ2) is 11.4. The second-order valence-corrected chi connectivity index (χ2v) is 8.87. The highest BCUT2D eigenvalue weighted by atomic mass is 16.7. The van der Waals surface area contributed by atoms with Crippen molar-refractivity contribution in [3.63, 3.8) is 0 Å². The van der Waals surface area contributed by atoms with E-state index < -0.39 is 0 Å². The summed E-state index contributed by atoms with van der Waals surface area (Å²) in [5.74, 6) is 0.440. The van der Waals surface area contributed by atoms with Crippen LogP contribution in [-0.2, 0) is 16.1 Å². The average molecular weight is 476 g/mol. The van der Waals surface area contributed by atoms with Gasteiger partial charge < -0.3 is 25.1 Å². The van der Waals surface area contributed by atoms with Crippen molar-refractivity contribution >= 4 is 11.5 Å². The molecule has 0 aliphatic carbocycles. The predicted octanol–water partition coefficient (Wildman–Crippen LogP) is 6.09. The fourth-order valence-corrected chi connectivity index (χ4v) is 4.25. The third kappa shape index (κ3) is 6.02. The van der Waals surface area contributed by atoms with Crippen LogP contribution in [0.25, 0.3) is 0 Å². The van der Waals surface area contributed by atoms with Crippen molar-refractivity contribution in [2.45, 2.75) is 58.5 Å². The number of nitrogens with two attached hydrogens (primary N) is 1. The lowest BCUT2D eigenvalue weighted by atomic mass is 9.99. The molecule has 35 heavy (non-hydrogen) atoms. The molecule has 0 radical (unpaired) electrons. The van der Waals surface area contributed by atoms with Gasteiger partial charge in [-0.1, -0.05) is 43.3 Å². The van der Waals surface area contributed by atoms with E-state index in [-0.39, 0.29) is 23.9 Å². The van der Waals surface area contributed by atoms with Crippen molar-refractivity contribution < 1.29 is 24.1 Å². The minimum atomic E-state index is -0.292. The Morgan fingerprint density at radius 2 is 1.91 bits per heavy atom. The quantitative estimate of drug-likeness (QED) is 0.288. The van der Waals surface area contributed by atoms with Gasteiger partial charge in [-0.2, -0.15) is 0 Å². The first-order chi connectivity index (χ1) is 17.0. The van der Waals surface area contributed by atoms with Gasteiger partial charge in [0.05, 0.1) is 5.56 Å². The zero-order valence-electron chi connectivity index (χ0n) is 20.3. The SMILES string of the molecule is CCC(=O)c1ccc(OCc2ccc(C(OC3CCCCO3)c3cccc(N)c3)cc2)c(C)c1O. The molecule has 3 N–H and O–H groups in total. The smallest absolute Gasteiger partial charge is 0.166 e. The van der Waals surface area contributed by atoms with Gasteiger partial charge in [-0.15, -0.1) is 0 Å². The van der Waals surface area contributed by atoms with Crippen molar-refractivity contribution in [1.29, 1.82) is 0 Å². The zero-order valence-corrected chi connectivity index (χ0v) is 20.3. The summed E-state index contributed by atoms with van der Waals surface area (Å²) in [5.41, 5.74) is 10.6. The number of phenols is 1. The Morgan fingerprint density at radius 3 is 2.60 bits per heavy atom. The minimum absolute atomic E-state index is 0.0169. The molecule has 0 amide bonds. The molecule has 6 nitrogen and oxygen atoms in total. The summed E-state index contributed by atoms with van der Waals surface area (Å²) >= 11 is 0. The van der Waals surface area contributed by atoms with Crippen LogP contribution in [0, 0.1) is 6.92 Å². The van der Waals surface area contributed by atoms with Crippen LogP contribution < -0.4 is 10.5 Å². The number of ketones is 1. The topological polar surface area (TPSA) is 91.0 Å². The minimum Gasteiger partial charge on any atom is -0.507 e. The maximum absolute atomic E-state index is 12.0. The van der Waals surface area contributed by atoms with E-state index in [0.29, 0.717) is 42.2 Å². The van der Waals surface area contributed by atoms with Gasteiger partial charge >= 0.3 is 0 Å². The third-order valence-corrected chi connectivity index (χ3v) is 6.32. The van der Waals surface area contributed by atoms with Gasteiger partial charge in [0.15, 0.2) is 12.1 Å². The van der Waals surface area contributed by atoms with E-state index in [1.54, 1.807) is 26.0 Å². The average Bonchev–Trinajstić information content (AvgIpc) is 2.89. The fourth-order valence-electron chi connectivity index (χ4n) is 4.25. The number of benzene rings is 3. The van der Waals surface area contributed by atoms with Crippen molar-refractivity contribution in [2.75, 3.05) is 12.3 Å². The van der Waals surface area contributed by atoms with Gasteiger partial charge in [0.2, 0.25) is 0 Å². The van der Waals surface area contributed by atoms with Gasteiger partial charge in [-0.3, -0.25) is 4.79 Å². The van der Waals surface area contributed by atoms with Crippen LogP contribution in [0.2, 0.25) is 0 Å². The molecule has 3 aromatic rings. The number of aromatic hydroxyl groups is 1. The number of hydrogen-bond acceptors (Lipinski definition) is 6. The molecule has 0 saturated carbocycles. The number of carbonyl (C=O) groups excluding carboxylic acids is 1. The lowest BCUT2D eigenvalue weighted by Crippen LogP contribution is -2.25. The molecule has 1 aliphatic heterocycles. The Kier molecular flexibility index (Phi) is 8.06. The summed E-state index contributed by atoms with van der Waals surface area (Å²) in [5, 5.41) is 10.4. The monoisotopic (exact) mass is 475 g/mol. The maximum atomic E-state index is 12.0. The van der Waals surface area contributed by atoms with Gasteiger partial charge in [0, 0.05) is 24.3 Å². The molecule has 0 spiro atoms.